The zero-order valence-corrected chi connectivity index (χ0v) is 14.8. The first-order valence-electron chi connectivity index (χ1n) is 7.14. The van der Waals surface area contributed by atoms with E-state index < -0.39 is 0 Å². The van der Waals surface area contributed by atoms with Gasteiger partial charge in [0.1, 0.15) is 5.69 Å². The zero-order chi connectivity index (χ0) is 17.7. The van der Waals surface area contributed by atoms with Crippen molar-refractivity contribution in [2.24, 2.45) is 0 Å². The van der Waals surface area contributed by atoms with Crippen LogP contribution in [0.15, 0.2) is 23.6 Å². The second-order valence-electron chi connectivity index (χ2n) is 5.03. The highest BCUT2D eigenvalue weighted by molar-refractivity contribution is 7.14. The summed E-state index contributed by atoms with van der Waals surface area (Å²) < 4.78 is 10.6. The predicted molar refractivity (Wildman–Crippen MR) is 91.8 cm³/mol. The van der Waals surface area contributed by atoms with Crippen molar-refractivity contribution < 1.29 is 19.1 Å². The summed E-state index contributed by atoms with van der Waals surface area (Å²) in [5, 5.41) is 4.58. The molecule has 0 aliphatic rings. The van der Waals surface area contributed by atoms with Crippen molar-refractivity contribution in [3.05, 3.63) is 34.8 Å². The summed E-state index contributed by atoms with van der Waals surface area (Å²) in [5.74, 6) is 0.736. The molecular weight excluding hydrogens is 330 g/mol. The minimum absolute atomic E-state index is 0.224. The maximum Gasteiger partial charge on any atom is 0.273 e. The van der Waals surface area contributed by atoms with Crippen molar-refractivity contribution >= 4 is 28.3 Å². The summed E-state index contributed by atoms with van der Waals surface area (Å²) in [6, 6.07) is 5.51. The Kier molecular flexibility index (Phi) is 5.75. The Morgan fingerprint density at radius 2 is 2.04 bits per heavy atom. The number of hydrogen-bond donors (Lipinski definition) is 1. The van der Waals surface area contributed by atoms with Gasteiger partial charge in [-0.05, 0) is 6.07 Å². The van der Waals surface area contributed by atoms with E-state index in [1.165, 1.54) is 23.2 Å². The lowest BCUT2D eigenvalue weighted by Crippen LogP contribution is -2.26. The molecule has 2 rings (SSSR count). The van der Waals surface area contributed by atoms with Gasteiger partial charge in [0.2, 0.25) is 5.91 Å². The fourth-order valence-corrected chi connectivity index (χ4v) is 2.91. The van der Waals surface area contributed by atoms with Crippen LogP contribution >= 0.6 is 11.3 Å². The zero-order valence-electron chi connectivity index (χ0n) is 14.0. The second-order valence-corrected chi connectivity index (χ2v) is 5.89. The Hall–Kier alpha value is -2.61. The van der Waals surface area contributed by atoms with Crippen LogP contribution in [0.3, 0.4) is 0 Å². The number of nitrogens with one attached hydrogen (secondary N) is 1. The smallest absolute Gasteiger partial charge is 0.273 e. The lowest BCUT2D eigenvalue weighted by atomic mass is 10.1. The van der Waals surface area contributed by atoms with Gasteiger partial charge < -0.3 is 19.7 Å². The van der Waals surface area contributed by atoms with Gasteiger partial charge in [0.15, 0.2) is 16.6 Å². The Labute approximate surface area is 144 Å². The molecule has 0 radical (unpaired) electrons. The number of amides is 2. The fraction of sp³-hybridized carbons (Fsp3) is 0.312. The maximum absolute atomic E-state index is 12.5. The molecule has 0 aliphatic heterocycles. The highest BCUT2D eigenvalue weighted by atomic mass is 32.1. The number of para-hydroxylation sites is 1. The fourth-order valence-electron chi connectivity index (χ4n) is 2.18. The molecule has 2 amide bonds. The van der Waals surface area contributed by atoms with Gasteiger partial charge in [-0.1, -0.05) is 12.1 Å². The third-order valence-corrected chi connectivity index (χ3v) is 4.00. The van der Waals surface area contributed by atoms with Crippen LogP contribution in [-0.2, 0) is 11.3 Å². The molecule has 1 aromatic heterocycles. The van der Waals surface area contributed by atoms with Gasteiger partial charge in [0, 0.05) is 31.5 Å². The number of methoxy groups -OCH3 is 2. The standard InChI is InChI=1S/C16H19N3O4S/c1-10(20)17-16-18-12(9-24-16)15(21)19(2)8-11-6-5-7-13(22-3)14(11)23-4/h5-7,9H,8H2,1-4H3,(H,17,18,20). The SMILES string of the molecule is COc1cccc(CN(C)C(=O)c2csc(NC(C)=O)n2)c1OC. The summed E-state index contributed by atoms with van der Waals surface area (Å²) in [4.78, 5) is 29.2. The van der Waals surface area contributed by atoms with Gasteiger partial charge in [-0.25, -0.2) is 4.98 Å². The highest BCUT2D eigenvalue weighted by Gasteiger charge is 2.18. The van der Waals surface area contributed by atoms with Crippen LogP contribution in [0, 0.1) is 0 Å². The van der Waals surface area contributed by atoms with E-state index in [1.54, 1.807) is 32.7 Å². The molecule has 1 N–H and O–H groups in total. The van der Waals surface area contributed by atoms with Gasteiger partial charge in [-0.3, -0.25) is 9.59 Å². The van der Waals surface area contributed by atoms with Crippen LogP contribution < -0.4 is 14.8 Å². The van der Waals surface area contributed by atoms with Crippen molar-refractivity contribution in [2.45, 2.75) is 13.5 Å². The summed E-state index contributed by atoms with van der Waals surface area (Å²) in [6.07, 6.45) is 0. The van der Waals surface area contributed by atoms with Crippen LogP contribution in [0.4, 0.5) is 5.13 Å². The van der Waals surface area contributed by atoms with Crippen molar-refractivity contribution in [1.82, 2.24) is 9.88 Å². The van der Waals surface area contributed by atoms with Crippen LogP contribution in [0.1, 0.15) is 23.0 Å². The number of benzene rings is 1. The first kappa shape index (κ1) is 17.7. The average Bonchev–Trinajstić information content (AvgIpc) is 3.01. The average molecular weight is 349 g/mol. The minimum atomic E-state index is -0.243. The van der Waals surface area contributed by atoms with Crippen LogP contribution in [0.5, 0.6) is 11.5 Å². The van der Waals surface area contributed by atoms with E-state index in [0.717, 1.165) is 5.56 Å². The molecule has 0 bridgehead atoms. The lowest BCUT2D eigenvalue weighted by molar-refractivity contribution is -0.114. The first-order chi connectivity index (χ1) is 11.5. The molecule has 1 heterocycles. The maximum atomic E-state index is 12.5. The number of ether oxygens (including phenoxy) is 2. The predicted octanol–water partition coefficient (Wildman–Crippen LogP) is 2.39. The number of rotatable bonds is 6. The molecule has 8 heteroatoms. The molecule has 2 aromatic rings. The van der Waals surface area contributed by atoms with E-state index in [-0.39, 0.29) is 17.5 Å². The Morgan fingerprint density at radius 3 is 2.67 bits per heavy atom. The third kappa shape index (κ3) is 4.02. The summed E-state index contributed by atoms with van der Waals surface area (Å²) in [5.41, 5.74) is 1.11. The number of anilines is 1. The van der Waals surface area contributed by atoms with Gasteiger partial charge in [0.05, 0.1) is 14.2 Å². The van der Waals surface area contributed by atoms with Crippen molar-refractivity contribution in [1.29, 1.82) is 0 Å². The molecule has 0 unspecified atom stereocenters. The van der Waals surface area contributed by atoms with Gasteiger partial charge in [-0.2, -0.15) is 0 Å². The van der Waals surface area contributed by atoms with E-state index >= 15 is 0 Å². The molecule has 0 saturated carbocycles. The van der Waals surface area contributed by atoms with E-state index in [4.69, 9.17) is 9.47 Å². The molecule has 0 atom stereocenters. The Morgan fingerprint density at radius 1 is 1.29 bits per heavy atom. The first-order valence-corrected chi connectivity index (χ1v) is 8.02. The molecule has 0 fully saturated rings. The van der Waals surface area contributed by atoms with Crippen molar-refractivity contribution in [2.75, 3.05) is 26.6 Å². The molecule has 0 saturated heterocycles. The summed E-state index contributed by atoms with van der Waals surface area (Å²) in [7, 11) is 4.80. The second kappa shape index (κ2) is 7.78. The number of hydrogen-bond acceptors (Lipinski definition) is 6. The number of nitrogens with zero attached hydrogens (tertiary/aromatic N) is 2. The van der Waals surface area contributed by atoms with Gasteiger partial charge in [-0.15, -0.1) is 11.3 Å². The van der Waals surface area contributed by atoms with E-state index in [9.17, 15) is 9.59 Å². The van der Waals surface area contributed by atoms with Crippen LogP contribution in [0.25, 0.3) is 0 Å². The Bertz CT molecular complexity index is 745. The number of thiazole rings is 1. The summed E-state index contributed by atoms with van der Waals surface area (Å²) in [6.45, 7) is 1.73. The lowest BCUT2D eigenvalue weighted by Gasteiger charge is -2.19. The molecule has 24 heavy (non-hydrogen) atoms. The molecular formula is C16H19N3O4S. The quantitative estimate of drug-likeness (QED) is 0.866. The topological polar surface area (TPSA) is 80.8 Å². The molecule has 0 aliphatic carbocycles. The number of carbonyl (C=O) groups excluding carboxylic acids is 2. The minimum Gasteiger partial charge on any atom is -0.493 e. The van der Waals surface area contributed by atoms with E-state index in [1.807, 2.05) is 12.1 Å². The van der Waals surface area contributed by atoms with Crippen LogP contribution in [0.2, 0.25) is 0 Å². The largest absolute Gasteiger partial charge is 0.493 e. The molecule has 7 nitrogen and oxygen atoms in total. The van der Waals surface area contributed by atoms with Gasteiger partial charge in [0.25, 0.3) is 5.91 Å². The highest BCUT2D eigenvalue weighted by Crippen LogP contribution is 2.31. The Balaban J connectivity index is 2.14. The van der Waals surface area contributed by atoms with Crippen LogP contribution in [-0.4, -0.2) is 43.0 Å². The molecule has 128 valence electrons. The normalized spacial score (nSPS) is 10.2. The third-order valence-electron chi connectivity index (χ3n) is 3.24. The summed E-state index contributed by atoms with van der Waals surface area (Å²) >= 11 is 1.21. The number of aromatic nitrogens is 1. The van der Waals surface area contributed by atoms with Crippen molar-refractivity contribution in [3.63, 3.8) is 0 Å². The van der Waals surface area contributed by atoms with Crippen molar-refractivity contribution in [3.8, 4) is 11.5 Å². The number of carbonyl (C=O) groups is 2. The molecule has 1 aromatic carbocycles. The molecule has 0 spiro atoms. The van der Waals surface area contributed by atoms with Gasteiger partial charge >= 0.3 is 0 Å². The van der Waals surface area contributed by atoms with E-state index in [2.05, 4.69) is 10.3 Å². The monoisotopic (exact) mass is 349 g/mol. The van der Waals surface area contributed by atoms with E-state index in [0.29, 0.717) is 23.2 Å².